The van der Waals surface area contributed by atoms with E-state index in [1.165, 1.54) is 0 Å². The predicted octanol–water partition coefficient (Wildman–Crippen LogP) is 1.94. The number of rotatable bonds is 2. The molecule has 2 atom stereocenters. The van der Waals surface area contributed by atoms with Crippen LogP contribution in [0, 0.1) is 0 Å². The van der Waals surface area contributed by atoms with Crippen molar-refractivity contribution in [1.82, 2.24) is 10.6 Å². The Morgan fingerprint density at radius 3 is 3.10 bits per heavy atom. The van der Waals surface area contributed by atoms with Gasteiger partial charge in [0.15, 0.2) is 11.5 Å². The van der Waals surface area contributed by atoms with Crippen molar-refractivity contribution in [3.63, 3.8) is 0 Å². The third kappa shape index (κ3) is 2.55. The van der Waals surface area contributed by atoms with Crippen molar-refractivity contribution in [3.8, 4) is 11.5 Å². The molecular formula is C14H17ClN2O3. The van der Waals surface area contributed by atoms with E-state index in [9.17, 15) is 4.79 Å². The van der Waals surface area contributed by atoms with E-state index in [2.05, 4.69) is 17.6 Å². The second kappa shape index (κ2) is 5.50. The molecule has 1 aromatic rings. The zero-order valence-corrected chi connectivity index (χ0v) is 12.0. The zero-order chi connectivity index (χ0) is 14.1. The molecule has 2 aliphatic rings. The van der Waals surface area contributed by atoms with Gasteiger partial charge in [0, 0.05) is 17.6 Å². The first-order valence-corrected chi connectivity index (χ1v) is 7.16. The molecule has 0 saturated carbocycles. The number of nitrogens with one attached hydrogen (secondary N) is 2. The molecule has 2 N–H and O–H groups in total. The average molecular weight is 297 g/mol. The summed E-state index contributed by atoms with van der Waals surface area (Å²) in [5, 5.41) is 6.81. The minimum Gasteiger partial charge on any atom is -0.454 e. The van der Waals surface area contributed by atoms with Gasteiger partial charge in [0.2, 0.25) is 6.79 Å². The van der Waals surface area contributed by atoms with Crippen LogP contribution in [0.5, 0.6) is 11.5 Å². The Bertz CT molecular complexity index is 535. The van der Waals surface area contributed by atoms with Gasteiger partial charge in [-0.3, -0.25) is 4.79 Å². The lowest BCUT2D eigenvalue weighted by atomic mass is 9.99. The molecule has 20 heavy (non-hydrogen) atoms. The van der Waals surface area contributed by atoms with Gasteiger partial charge in [-0.15, -0.1) is 0 Å². The predicted molar refractivity (Wildman–Crippen MR) is 75.5 cm³/mol. The van der Waals surface area contributed by atoms with E-state index < -0.39 is 0 Å². The van der Waals surface area contributed by atoms with Crippen LogP contribution in [0.25, 0.3) is 0 Å². The van der Waals surface area contributed by atoms with Gasteiger partial charge in [0.25, 0.3) is 5.91 Å². The average Bonchev–Trinajstić information content (AvgIpc) is 2.90. The first-order valence-electron chi connectivity index (χ1n) is 6.78. The molecule has 2 aliphatic heterocycles. The van der Waals surface area contributed by atoms with Crippen molar-refractivity contribution >= 4 is 17.5 Å². The van der Waals surface area contributed by atoms with Crippen LogP contribution in [0.4, 0.5) is 0 Å². The highest BCUT2D eigenvalue weighted by atomic mass is 35.5. The Balaban J connectivity index is 1.75. The first kappa shape index (κ1) is 13.5. The number of ether oxygens (including phenoxy) is 2. The van der Waals surface area contributed by atoms with Crippen LogP contribution < -0.4 is 20.1 Å². The Kier molecular flexibility index (Phi) is 3.72. The highest BCUT2D eigenvalue weighted by Gasteiger charge is 2.25. The van der Waals surface area contributed by atoms with E-state index in [1.54, 1.807) is 12.1 Å². The molecule has 1 aromatic carbocycles. The molecule has 2 unspecified atom stereocenters. The second-order valence-electron chi connectivity index (χ2n) is 5.16. The molecule has 5 nitrogen and oxygen atoms in total. The Hall–Kier alpha value is -1.46. The smallest absolute Gasteiger partial charge is 0.251 e. The third-order valence-electron chi connectivity index (χ3n) is 3.77. The van der Waals surface area contributed by atoms with Crippen molar-refractivity contribution in [3.05, 3.63) is 22.7 Å². The van der Waals surface area contributed by atoms with Crippen LogP contribution in [0.15, 0.2) is 12.1 Å². The van der Waals surface area contributed by atoms with E-state index in [-0.39, 0.29) is 24.8 Å². The van der Waals surface area contributed by atoms with Gasteiger partial charge in [-0.2, -0.15) is 0 Å². The van der Waals surface area contributed by atoms with Gasteiger partial charge in [0.1, 0.15) is 0 Å². The lowest BCUT2D eigenvalue weighted by molar-refractivity contribution is 0.0919. The Morgan fingerprint density at radius 2 is 2.30 bits per heavy atom. The topological polar surface area (TPSA) is 59.6 Å². The van der Waals surface area contributed by atoms with E-state index in [1.807, 2.05) is 0 Å². The molecule has 2 heterocycles. The summed E-state index contributed by atoms with van der Waals surface area (Å²) in [5.74, 6) is 0.902. The molecule has 0 aromatic heterocycles. The summed E-state index contributed by atoms with van der Waals surface area (Å²) in [6, 6.07) is 3.70. The minimum atomic E-state index is -0.134. The minimum absolute atomic E-state index is 0.134. The van der Waals surface area contributed by atoms with Crippen LogP contribution >= 0.6 is 11.6 Å². The molecule has 3 rings (SSSR count). The quantitative estimate of drug-likeness (QED) is 0.876. The van der Waals surface area contributed by atoms with Gasteiger partial charge in [-0.05, 0) is 38.4 Å². The van der Waals surface area contributed by atoms with Gasteiger partial charge in [-0.1, -0.05) is 11.6 Å². The number of benzene rings is 1. The summed E-state index contributed by atoms with van der Waals surface area (Å²) < 4.78 is 10.5. The molecular weight excluding hydrogens is 280 g/mol. The number of carbonyl (C=O) groups excluding carboxylic acids is 1. The number of hydrogen-bond acceptors (Lipinski definition) is 4. The summed E-state index contributed by atoms with van der Waals surface area (Å²) in [5.41, 5.74) is 0.497. The summed E-state index contributed by atoms with van der Waals surface area (Å²) in [6.07, 6.45) is 2.05. The lowest BCUT2D eigenvalue weighted by Gasteiger charge is -2.30. The fourth-order valence-electron chi connectivity index (χ4n) is 2.59. The lowest BCUT2D eigenvalue weighted by Crippen LogP contribution is -2.51. The van der Waals surface area contributed by atoms with E-state index >= 15 is 0 Å². The van der Waals surface area contributed by atoms with Gasteiger partial charge < -0.3 is 20.1 Å². The molecule has 108 valence electrons. The van der Waals surface area contributed by atoms with Crippen LogP contribution in [0.2, 0.25) is 5.02 Å². The van der Waals surface area contributed by atoms with Crippen molar-refractivity contribution in [1.29, 1.82) is 0 Å². The number of hydrogen-bond donors (Lipinski definition) is 2. The van der Waals surface area contributed by atoms with Crippen LogP contribution in [0.3, 0.4) is 0 Å². The number of halogens is 1. The molecule has 1 saturated heterocycles. The molecule has 6 heteroatoms. The molecule has 0 spiro atoms. The third-order valence-corrected chi connectivity index (χ3v) is 4.05. The second-order valence-corrected chi connectivity index (χ2v) is 5.56. The van der Waals surface area contributed by atoms with Crippen molar-refractivity contribution < 1.29 is 14.3 Å². The normalized spacial score (nSPS) is 24.5. The van der Waals surface area contributed by atoms with E-state index in [0.29, 0.717) is 22.1 Å². The van der Waals surface area contributed by atoms with Crippen molar-refractivity contribution in [2.45, 2.75) is 31.8 Å². The maximum atomic E-state index is 12.3. The summed E-state index contributed by atoms with van der Waals surface area (Å²) in [4.78, 5) is 12.3. The largest absolute Gasteiger partial charge is 0.454 e. The molecule has 0 aliphatic carbocycles. The highest BCUT2D eigenvalue weighted by Crippen LogP contribution is 2.39. The van der Waals surface area contributed by atoms with Crippen LogP contribution in [-0.2, 0) is 0 Å². The first-order chi connectivity index (χ1) is 9.65. The van der Waals surface area contributed by atoms with Gasteiger partial charge in [0.05, 0.1) is 5.02 Å². The molecule has 0 bridgehead atoms. The maximum Gasteiger partial charge on any atom is 0.251 e. The van der Waals surface area contributed by atoms with Gasteiger partial charge >= 0.3 is 0 Å². The number of carbonyl (C=O) groups is 1. The van der Waals surface area contributed by atoms with Crippen LogP contribution in [0.1, 0.15) is 30.1 Å². The van der Waals surface area contributed by atoms with E-state index in [0.717, 1.165) is 19.4 Å². The molecule has 1 fully saturated rings. The molecule has 1 amide bonds. The fourth-order valence-corrected chi connectivity index (χ4v) is 2.86. The van der Waals surface area contributed by atoms with Crippen LogP contribution in [-0.4, -0.2) is 31.3 Å². The van der Waals surface area contributed by atoms with Crippen molar-refractivity contribution in [2.24, 2.45) is 0 Å². The standard InChI is InChI=1S/C14H17ClN2O3/c1-8-11(3-2-4-16-8)17-14(18)9-5-10(15)13-12(6-9)19-7-20-13/h5-6,8,11,16H,2-4,7H2,1H3,(H,17,18). The number of piperidine rings is 1. The zero-order valence-electron chi connectivity index (χ0n) is 11.2. The SMILES string of the molecule is CC1NCCCC1NC(=O)c1cc(Cl)c2c(c1)OCO2. The number of fused-ring (bicyclic) bond motifs is 1. The summed E-state index contributed by atoms with van der Waals surface area (Å²) >= 11 is 6.09. The molecule has 0 radical (unpaired) electrons. The Labute approximate surface area is 122 Å². The Morgan fingerprint density at radius 1 is 1.45 bits per heavy atom. The van der Waals surface area contributed by atoms with Crippen molar-refractivity contribution in [2.75, 3.05) is 13.3 Å². The monoisotopic (exact) mass is 296 g/mol. The van der Waals surface area contributed by atoms with E-state index in [4.69, 9.17) is 21.1 Å². The fraction of sp³-hybridized carbons (Fsp3) is 0.500. The summed E-state index contributed by atoms with van der Waals surface area (Å²) in [6.45, 7) is 3.23. The number of amides is 1. The highest BCUT2D eigenvalue weighted by molar-refractivity contribution is 6.32. The van der Waals surface area contributed by atoms with Gasteiger partial charge in [-0.25, -0.2) is 0 Å². The maximum absolute atomic E-state index is 12.3. The summed E-state index contributed by atoms with van der Waals surface area (Å²) in [7, 11) is 0.